The fourth-order valence-electron chi connectivity index (χ4n) is 5.02. The summed E-state index contributed by atoms with van der Waals surface area (Å²) in [6, 6.07) is 42.9. The minimum Gasteiger partial charge on any atom is -0.274 e. The summed E-state index contributed by atoms with van der Waals surface area (Å²) < 4.78 is 3.40. The highest BCUT2D eigenvalue weighted by Crippen LogP contribution is 2.35. The molecule has 0 spiro atoms. The third-order valence-electron chi connectivity index (χ3n) is 6.76. The summed E-state index contributed by atoms with van der Waals surface area (Å²) in [6.45, 7) is 0. The minimum atomic E-state index is 0.857. The highest BCUT2D eigenvalue weighted by atomic mass is 127. The Morgan fingerprint density at radius 2 is 1.11 bits per heavy atom. The van der Waals surface area contributed by atoms with Gasteiger partial charge in [-0.05, 0) is 80.6 Å². The van der Waals surface area contributed by atoms with Crippen LogP contribution < -0.4 is 0 Å². The quantitative estimate of drug-likeness (QED) is 0.157. The van der Waals surface area contributed by atoms with Crippen molar-refractivity contribution in [1.29, 1.82) is 0 Å². The first-order chi connectivity index (χ1) is 17.8. The number of benzene rings is 5. The highest BCUT2D eigenvalue weighted by Gasteiger charge is 2.16. The van der Waals surface area contributed by atoms with E-state index in [0.717, 1.165) is 27.9 Å². The number of nitrogens with zero attached hydrogens (tertiary/aromatic N) is 3. The molecule has 7 aromatic rings. The lowest BCUT2D eigenvalue weighted by Gasteiger charge is -2.12. The molecular formula is C32H20IN3. The van der Waals surface area contributed by atoms with Gasteiger partial charge in [0.05, 0.1) is 5.52 Å². The molecule has 0 fully saturated rings. The molecule has 5 aromatic carbocycles. The van der Waals surface area contributed by atoms with Gasteiger partial charge in [-0.15, -0.1) is 10.2 Å². The van der Waals surface area contributed by atoms with Crippen molar-refractivity contribution >= 4 is 49.9 Å². The fraction of sp³-hybridized carbons (Fsp3) is 0. The highest BCUT2D eigenvalue weighted by molar-refractivity contribution is 14.1. The van der Waals surface area contributed by atoms with E-state index >= 15 is 0 Å². The van der Waals surface area contributed by atoms with E-state index in [1.54, 1.807) is 0 Å². The van der Waals surface area contributed by atoms with Crippen LogP contribution >= 0.6 is 22.6 Å². The molecule has 0 N–H and O–H groups in total. The van der Waals surface area contributed by atoms with Crippen molar-refractivity contribution < 1.29 is 0 Å². The summed E-state index contributed by atoms with van der Waals surface area (Å²) in [5.74, 6) is 0.857. The van der Waals surface area contributed by atoms with Crippen molar-refractivity contribution in [2.75, 3.05) is 0 Å². The van der Waals surface area contributed by atoms with Crippen molar-refractivity contribution in [3.8, 4) is 33.6 Å². The Balaban J connectivity index is 1.49. The van der Waals surface area contributed by atoms with Crippen molar-refractivity contribution in [1.82, 2.24) is 14.6 Å². The van der Waals surface area contributed by atoms with Gasteiger partial charge in [-0.25, -0.2) is 0 Å². The summed E-state index contributed by atoms with van der Waals surface area (Å²) in [7, 11) is 0. The molecule has 0 aliphatic carbocycles. The van der Waals surface area contributed by atoms with Crippen LogP contribution in [0.5, 0.6) is 0 Å². The Labute approximate surface area is 222 Å². The molecule has 0 saturated carbocycles. The number of halogens is 1. The van der Waals surface area contributed by atoms with E-state index in [0.29, 0.717) is 0 Å². The summed E-state index contributed by atoms with van der Waals surface area (Å²) in [5, 5.41) is 12.7. The zero-order valence-corrected chi connectivity index (χ0v) is 21.4. The molecule has 0 amide bonds. The molecule has 0 atom stereocenters. The number of hydrogen-bond donors (Lipinski definition) is 0. The van der Waals surface area contributed by atoms with Gasteiger partial charge in [-0.1, -0.05) is 91.0 Å². The van der Waals surface area contributed by atoms with Crippen LogP contribution in [-0.4, -0.2) is 14.6 Å². The normalized spacial score (nSPS) is 11.5. The molecule has 0 radical (unpaired) electrons. The Kier molecular flexibility index (Phi) is 5.06. The maximum absolute atomic E-state index is 4.63. The third-order valence-corrected chi connectivity index (χ3v) is 7.48. The summed E-state index contributed by atoms with van der Waals surface area (Å²) >= 11 is 2.33. The standard InChI is InChI=1S/C32H20IN3/c33-26-16-13-22(14-17-26)31-34-35-32-28-12-5-4-11-27(28)29-20-25(15-18-30(29)36(31)32)24-10-6-9-23(19-24)21-7-2-1-3-8-21/h1-20H. The molecule has 2 aromatic heterocycles. The maximum atomic E-state index is 4.63. The number of fused-ring (bicyclic) bond motifs is 6. The van der Waals surface area contributed by atoms with Gasteiger partial charge in [-0.3, -0.25) is 4.40 Å². The Morgan fingerprint density at radius 3 is 1.92 bits per heavy atom. The van der Waals surface area contributed by atoms with Crippen LogP contribution in [0.4, 0.5) is 0 Å². The van der Waals surface area contributed by atoms with Gasteiger partial charge < -0.3 is 0 Å². The van der Waals surface area contributed by atoms with Crippen molar-refractivity contribution in [3.63, 3.8) is 0 Å². The van der Waals surface area contributed by atoms with Gasteiger partial charge in [0.2, 0.25) is 0 Å². The Bertz CT molecular complexity index is 1890. The molecule has 0 unspecified atom stereocenters. The second-order valence-electron chi connectivity index (χ2n) is 8.91. The fourth-order valence-corrected chi connectivity index (χ4v) is 5.38. The van der Waals surface area contributed by atoms with Crippen LogP contribution in [0.25, 0.3) is 61.0 Å². The molecule has 0 saturated heterocycles. The molecule has 36 heavy (non-hydrogen) atoms. The predicted octanol–water partition coefficient (Wildman–Crippen LogP) is 8.64. The SMILES string of the molecule is Ic1ccc(-c2nnc3c4ccccc4c4cc(-c5cccc(-c6ccccc6)c5)ccc4n23)cc1. The minimum absolute atomic E-state index is 0.857. The molecule has 170 valence electrons. The Morgan fingerprint density at radius 1 is 0.472 bits per heavy atom. The number of aromatic nitrogens is 3. The maximum Gasteiger partial charge on any atom is 0.169 e. The van der Waals surface area contributed by atoms with Gasteiger partial charge in [0.25, 0.3) is 0 Å². The largest absolute Gasteiger partial charge is 0.274 e. The predicted molar refractivity (Wildman–Crippen MR) is 157 cm³/mol. The molecule has 0 bridgehead atoms. The monoisotopic (exact) mass is 573 g/mol. The molecule has 4 heteroatoms. The van der Waals surface area contributed by atoms with Crippen LogP contribution in [0.15, 0.2) is 121 Å². The van der Waals surface area contributed by atoms with Crippen LogP contribution in [0.3, 0.4) is 0 Å². The van der Waals surface area contributed by atoms with Crippen molar-refractivity contribution in [3.05, 3.63) is 125 Å². The summed E-state index contributed by atoms with van der Waals surface area (Å²) in [4.78, 5) is 0. The first-order valence-electron chi connectivity index (χ1n) is 11.9. The summed E-state index contributed by atoms with van der Waals surface area (Å²) in [5.41, 5.74) is 7.86. The molecule has 7 rings (SSSR count). The third kappa shape index (κ3) is 3.48. The average molecular weight is 573 g/mol. The smallest absolute Gasteiger partial charge is 0.169 e. The zero-order valence-electron chi connectivity index (χ0n) is 19.3. The molecule has 3 nitrogen and oxygen atoms in total. The van der Waals surface area contributed by atoms with Crippen LogP contribution in [-0.2, 0) is 0 Å². The van der Waals surface area contributed by atoms with E-state index in [9.17, 15) is 0 Å². The van der Waals surface area contributed by atoms with Gasteiger partial charge in [0.15, 0.2) is 11.5 Å². The van der Waals surface area contributed by atoms with Gasteiger partial charge >= 0.3 is 0 Å². The van der Waals surface area contributed by atoms with Crippen molar-refractivity contribution in [2.45, 2.75) is 0 Å². The van der Waals surface area contributed by atoms with E-state index < -0.39 is 0 Å². The van der Waals surface area contributed by atoms with E-state index in [4.69, 9.17) is 0 Å². The lowest BCUT2D eigenvalue weighted by molar-refractivity contribution is 1.12. The lowest BCUT2D eigenvalue weighted by atomic mass is 9.96. The number of pyridine rings is 1. The molecular weight excluding hydrogens is 553 g/mol. The molecule has 0 aliphatic heterocycles. The second-order valence-corrected chi connectivity index (χ2v) is 10.2. The lowest BCUT2D eigenvalue weighted by Crippen LogP contribution is -1.95. The zero-order chi connectivity index (χ0) is 24.1. The van der Waals surface area contributed by atoms with Crippen LogP contribution in [0.2, 0.25) is 0 Å². The van der Waals surface area contributed by atoms with E-state index in [1.165, 1.54) is 36.6 Å². The summed E-state index contributed by atoms with van der Waals surface area (Å²) in [6.07, 6.45) is 0. The van der Waals surface area contributed by atoms with Gasteiger partial charge in [-0.2, -0.15) is 0 Å². The average Bonchev–Trinajstić information content (AvgIpc) is 3.40. The van der Waals surface area contributed by atoms with E-state index in [-0.39, 0.29) is 0 Å². The topological polar surface area (TPSA) is 30.2 Å². The number of hydrogen-bond acceptors (Lipinski definition) is 2. The Hall–Kier alpha value is -4.03. The second kappa shape index (κ2) is 8.57. The van der Waals surface area contributed by atoms with Gasteiger partial charge in [0, 0.05) is 19.9 Å². The van der Waals surface area contributed by atoms with Crippen LogP contribution in [0, 0.1) is 3.57 Å². The van der Waals surface area contributed by atoms with E-state index in [2.05, 4.69) is 159 Å². The number of rotatable bonds is 3. The van der Waals surface area contributed by atoms with Crippen LogP contribution in [0.1, 0.15) is 0 Å². The molecule has 0 aliphatic rings. The van der Waals surface area contributed by atoms with Crippen molar-refractivity contribution in [2.24, 2.45) is 0 Å². The molecule has 2 heterocycles. The van der Waals surface area contributed by atoms with Gasteiger partial charge in [0.1, 0.15) is 0 Å². The first-order valence-corrected chi connectivity index (χ1v) is 13.0. The first kappa shape index (κ1) is 21.3. The van der Waals surface area contributed by atoms with E-state index in [1.807, 2.05) is 0 Å².